The zero-order valence-electron chi connectivity index (χ0n) is 19.9. The van der Waals surface area contributed by atoms with Gasteiger partial charge in [-0.1, -0.05) is 70.6 Å². The maximum Gasteiger partial charge on any atom is 0.306 e. The van der Waals surface area contributed by atoms with Crippen LogP contribution >= 0.6 is 11.9 Å². The predicted molar refractivity (Wildman–Crippen MR) is 131 cm³/mol. The van der Waals surface area contributed by atoms with Crippen molar-refractivity contribution in [1.29, 1.82) is 0 Å². The third kappa shape index (κ3) is 17.4. The lowest BCUT2D eigenvalue weighted by Gasteiger charge is -2.19. The highest BCUT2D eigenvalue weighted by Crippen LogP contribution is 2.14. The normalized spacial score (nSPS) is 10.5. The Labute approximate surface area is 190 Å². The van der Waals surface area contributed by atoms with E-state index in [1.54, 1.807) is 0 Å². The number of hydrogen-bond donors (Lipinski definition) is 1. The number of nitrogens with two attached hydrogens (primary N) is 1. The van der Waals surface area contributed by atoms with Crippen molar-refractivity contribution >= 4 is 17.9 Å². The zero-order valence-corrected chi connectivity index (χ0v) is 20.7. The highest BCUT2D eigenvalue weighted by Gasteiger charge is 2.15. The van der Waals surface area contributed by atoms with Crippen LogP contribution < -0.4 is 5.14 Å². The first-order valence-corrected chi connectivity index (χ1v) is 12.5. The van der Waals surface area contributed by atoms with Gasteiger partial charge in [0.25, 0.3) is 0 Å². The van der Waals surface area contributed by atoms with E-state index in [9.17, 15) is 4.79 Å². The molecule has 4 heteroatoms. The standard InChI is InChI=1S/C24H37NO2S.C2H6/c1-24(2,3)27-23(26)16-14-12-10-8-6-4-5-7-9-11-13-15-21-17-19-22(28-25)20-18-21;1-2/h17-20H,4-12,14,16,25H2,1-3H3;1-2H3. The molecule has 0 amide bonds. The van der Waals surface area contributed by atoms with Crippen LogP contribution in [0.4, 0.5) is 0 Å². The van der Waals surface area contributed by atoms with Crippen molar-refractivity contribution in [3.05, 3.63) is 29.8 Å². The lowest BCUT2D eigenvalue weighted by Crippen LogP contribution is -2.23. The van der Waals surface area contributed by atoms with Gasteiger partial charge in [-0.2, -0.15) is 0 Å². The van der Waals surface area contributed by atoms with Crippen LogP contribution in [0.25, 0.3) is 0 Å². The van der Waals surface area contributed by atoms with E-state index in [1.165, 1.54) is 56.9 Å². The van der Waals surface area contributed by atoms with Gasteiger partial charge in [0.1, 0.15) is 5.60 Å². The number of benzene rings is 1. The lowest BCUT2D eigenvalue weighted by atomic mass is 10.1. The van der Waals surface area contributed by atoms with Crippen molar-refractivity contribution in [2.24, 2.45) is 5.14 Å². The summed E-state index contributed by atoms with van der Waals surface area (Å²) in [5.41, 5.74) is 0.697. The topological polar surface area (TPSA) is 52.3 Å². The Kier molecular flexibility index (Phi) is 17.5. The third-order valence-electron chi connectivity index (χ3n) is 4.33. The second-order valence-corrected chi connectivity index (χ2v) is 8.92. The second-order valence-electron chi connectivity index (χ2n) is 8.21. The second kappa shape index (κ2) is 18.3. The van der Waals surface area contributed by atoms with Gasteiger partial charge in [0.05, 0.1) is 0 Å². The van der Waals surface area contributed by atoms with E-state index >= 15 is 0 Å². The molecule has 2 N–H and O–H groups in total. The fraction of sp³-hybridized carbons (Fsp3) is 0.654. The average Bonchev–Trinajstić information content (AvgIpc) is 2.72. The van der Waals surface area contributed by atoms with E-state index in [2.05, 4.69) is 11.8 Å². The molecule has 0 atom stereocenters. The van der Waals surface area contributed by atoms with Crippen LogP contribution in [0.5, 0.6) is 0 Å². The first-order chi connectivity index (χ1) is 14.4. The first-order valence-electron chi connectivity index (χ1n) is 11.6. The SMILES string of the molecule is CC.CC(C)(C)OC(=O)CCCCCCCCCCCC#Cc1ccc(SN)cc1. The summed E-state index contributed by atoms with van der Waals surface area (Å²) in [6, 6.07) is 8.06. The summed E-state index contributed by atoms with van der Waals surface area (Å²) in [6.45, 7) is 9.74. The minimum atomic E-state index is -0.363. The van der Waals surface area contributed by atoms with Crippen molar-refractivity contribution in [3.63, 3.8) is 0 Å². The molecule has 0 saturated carbocycles. The summed E-state index contributed by atoms with van der Waals surface area (Å²) >= 11 is 1.26. The first kappa shape index (κ1) is 28.6. The van der Waals surface area contributed by atoms with E-state index in [1.807, 2.05) is 58.9 Å². The van der Waals surface area contributed by atoms with Crippen LogP contribution in [0, 0.1) is 11.8 Å². The fourth-order valence-electron chi connectivity index (χ4n) is 2.89. The number of carbonyl (C=O) groups is 1. The van der Waals surface area contributed by atoms with Crippen molar-refractivity contribution in [2.45, 2.75) is 116 Å². The molecule has 170 valence electrons. The molecule has 0 unspecified atom stereocenters. The maximum absolute atomic E-state index is 11.6. The average molecular weight is 434 g/mol. The van der Waals surface area contributed by atoms with E-state index in [0.717, 1.165) is 29.7 Å². The molecule has 0 aliphatic heterocycles. The van der Waals surface area contributed by atoms with Gasteiger partial charge >= 0.3 is 5.97 Å². The van der Waals surface area contributed by atoms with Crippen LogP contribution in [0.1, 0.15) is 111 Å². The highest BCUT2D eigenvalue weighted by molar-refractivity contribution is 7.97. The van der Waals surface area contributed by atoms with Gasteiger partial charge in [-0.15, -0.1) is 0 Å². The molecule has 0 aliphatic carbocycles. The van der Waals surface area contributed by atoms with Gasteiger partial charge in [-0.3, -0.25) is 9.93 Å². The third-order valence-corrected chi connectivity index (χ3v) is 4.87. The number of esters is 1. The quantitative estimate of drug-likeness (QED) is 0.159. The molecule has 0 radical (unpaired) electrons. The summed E-state index contributed by atoms with van der Waals surface area (Å²) in [5, 5.41) is 5.51. The predicted octanol–water partition coefficient (Wildman–Crippen LogP) is 7.66. The van der Waals surface area contributed by atoms with E-state index in [4.69, 9.17) is 9.88 Å². The Morgan fingerprint density at radius 2 is 1.40 bits per heavy atom. The van der Waals surface area contributed by atoms with Gasteiger partial charge in [0.2, 0.25) is 0 Å². The lowest BCUT2D eigenvalue weighted by molar-refractivity contribution is -0.154. The summed E-state index contributed by atoms with van der Waals surface area (Å²) in [4.78, 5) is 12.7. The highest BCUT2D eigenvalue weighted by atomic mass is 32.2. The summed E-state index contributed by atoms with van der Waals surface area (Å²) in [7, 11) is 0. The number of rotatable bonds is 12. The summed E-state index contributed by atoms with van der Waals surface area (Å²) < 4.78 is 5.32. The van der Waals surface area contributed by atoms with Crippen LogP contribution in [0.3, 0.4) is 0 Å². The molecule has 0 saturated heterocycles. The summed E-state index contributed by atoms with van der Waals surface area (Å²) in [5.74, 6) is 6.41. The van der Waals surface area contributed by atoms with Gasteiger partial charge in [-0.05, 0) is 69.8 Å². The molecule has 1 rings (SSSR count). The Morgan fingerprint density at radius 3 is 1.90 bits per heavy atom. The maximum atomic E-state index is 11.6. The number of unbranched alkanes of at least 4 members (excludes halogenated alkanes) is 9. The molecule has 1 aromatic rings. The van der Waals surface area contributed by atoms with Crippen LogP contribution in [0.15, 0.2) is 29.2 Å². The van der Waals surface area contributed by atoms with Gasteiger partial charge in [0, 0.05) is 23.3 Å². The van der Waals surface area contributed by atoms with Gasteiger partial charge in [0.15, 0.2) is 0 Å². The van der Waals surface area contributed by atoms with E-state index in [0.29, 0.717) is 6.42 Å². The molecule has 0 aromatic heterocycles. The van der Waals surface area contributed by atoms with Crippen LogP contribution in [-0.4, -0.2) is 11.6 Å². The number of ether oxygens (including phenoxy) is 1. The fourth-order valence-corrected chi connectivity index (χ4v) is 3.19. The van der Waals surface area contributed by atoms with Crippen molar-refractivity contribution in [2.75, 3.05) is 0 Å². The minimum absolute atomic E-state index is 0.0674. The Balaban J connectivity index is 0.00000407. The van der Waals surface area contributed by atoms with Crippen molar-refractivity contribution in [3.8, 4) is 11.8 Å². The molecule has 0 aliphatic rings. The Hall–Kier alpha value is -1.44. The zero-order chi connectivity index (χ0) is 22.7. The monoisotopic (exact) mass is 433 g/mol. The van der Waals surface area contributed by atoms with Crippen LogP contribution in [0.2, 0.25) is 0 Å². The molecule has 0 heterocycles. The van der Waals surface area contributed by atoms with Crippen LogP contribution in [-0.2, 0) is 9.53 Å². The Morgan fingerprint density at radius 1 is 0.900 bits per heavy atom. The molecule has 1 aromatic carbocycles. The minimum Gasteiger partial charge on any atom is -0.460 e. The van der Waals surface area contributed by atoms with Crippen molar-refractivity contribution < 1.29 is 9.53 Å². The summed E-state index contributed by atoms with van der Waals surface area (Å²) in [6.07, 6.45) is 12.4. The molecule has 0 spiro atoms. The molecule has 3 nitrogen and oxygen atoms in total. The molecule has 0 fully saturated rings. The van der Waals surface area contributed by atoms with Crippen molar-refractivity contribution in [1.82, 2.24) is 0 Å². The molecule has 30 heavy (non-hydrogen) atoms. The smallest absolute Gasteiger partial charge is 0.306 e. The van der Waals surface area contributed by atoms with Gasteiger partial charge in [-0.25, -0.2) is 0 Å². The van der Waals surface area contributed by atoms with E-state index in [-0.39, 0.29) is 11.6 Å². The number of hydrogen-bond acceptors (Lipinski definition) is 4. The largest absolute Gasteiger partial charge is 0.460 e. The molecular weight excluding hydrogens is 390 g/mol. The van der Waals surface area contributed by atoms with Gasteiger partial charge < -0.3 is 4.74 Å². The van der Waals surface area contributed by atoms with E-state index < -0.39 is 0 Å². The molecule has 0 bridgehead atoms. The number of carbonyl (C=O) groups excluding carboxylic acids is 1. The Bertz CT molecular complexity index is 609. The molecular formula is C26H43NO2S.